The second-order valence-corrected chi connectivity index (χ2v) is 6.91. The number of aryl methyl sites for hydroxylation is 1. The van der Waals surface area contributed by atoms with Crippen molar-refractivity contribution in [2.75, 3.05) is 17.1 Å². The van der Waals surface area contributed by atoms with E-state index in [4.69, 9.17) is 33.0 Å². The predicted octanol–water partition coefficient (Wildman–Crippen LogP) is 0.923. The summed E-state index contributed by atoms with van der Waals surface area (Å²) in [4.78, 5) is 23.5. The van der Waals surface area contributed by atoms with Crippen molar-refractivity contribution < 1.29 is 14.6 Å². The van der Waals surface area contributed by atoms with E-state index < -0.39 is 6.23 Å². The van der Waals surface area contributed by atoms with Crippen LogP contribution in [0, 0.1) is 0 Å². The lowest BCUT2D eigenvalue weighted by atomic mass is 10.2. The van der Waals surface area contributed by atoms with Gasteiger partial charge in [-0.2, -0.15) is 15.5 Å². The molecule has 2 saturated heterocycles. The average molecular weight is 414 g/mol. The summed E-state index contributed by atoms with van der Waals surface area (Å²) < 4.78 is 1.54. The third-order valence-electron chi connectivity index (χ3n) is 4.02. The van der Waals surface area contributed by atoms with E-state index in [-0.39, 0.29) is 22.6 Å². The van der Waals surface area contributed by atoms with Crippen LogP contribution in [-0.4, -0.2) is 40.1 Å². The first kappa shape index (κ1) is 18.4. The number of piperazine rings is 1. The van der Waals surface area contributed by atoms with Crippen LogP contribution >= 0.6 is 23.2 Å². The molecular formula is C15H17Cl2N7O3. The number of nitrogens with one attached hydrogen (secondary N) is 4. The van der Waals surface area contributed by atoms with Gasteiger partial charge in [-0.3, -0.25) is 20.1 Å². The molecule has 3 atom stereocenters. The summed E-state index contributed by atoms with van der Waals surface area (Å²) in [6.45, 7) is 0.521. The van der Waals surface area contributed by atoms with Gasteiger partial charge in [0, 0.05) is 19.8 Å². The first-order valence-corrected chi connectivity index (χ1v) is 8.94. The Morgan fingerprint density at radius 2 is 2.30 bits per heavy atom. The van der Waals surface area contributed by atoms with Crippen molar-refractivity contribution in [3.05, 3.63) is 41.2 Å². The second kappa shape index (κ2) is 7.60. The van der Waals surface area contributed by atoms with Gasteiger partial charge in [-0.1, -0.05) is 17.7 Å². The fraction of sp³-hybridized carbons (Fsp3) is 0.333. The second-order valence-electron chi connectivity index (χ2n) is 6.01. The van der Waals surface area contributed by atoms with Crippen LogP contribution in [0.5, 0.6) is 0 Å². The molecular weight excluding hydrogens is 397 g/mol. The Balaban J connectivity index is 1.49. The van der Waals surface area contributed by atoms with Gasteiger partial charge in [0.05, 0.1) is 28.0 Å². The van der Waals surface area contributed by atoms with Crippen LogP contribution in [0.4, 0.5) is 11.4 Å². The zero-order valence-electron chi connectivity index (χ0n) is 14.1. The Labute approximate surface area is 164 Å². The van der Waals surface area contributed by atoms with E-state index in [0.29, 0.717) is 23.5 Å². The number of alkyl halides is 1. The highest BCUT2D eigenvalue weighted by molar-refractivity contribution is 6.36. The van der Waals surface area contributed by atoms with Crippen molar-refractivity contribution >= 4 is 40.5 Å². The van der Waals surface area contributed by atoms with E-state index in [1.165, 1.54) is 6.20 Å². The quantitative estimate of drug-likeness (QED) is 0.435. The van der Waals surface area contributed by atoms with E-state index in [9.17, 15) is 4.79 Å². The van der Waals surface area contributed by atoms with Gasteiger partial charge in [0.2, 0.25) is 0 Å². The minimum absolute atomic E-state index is 0.243. The Morgan fingerprint density at radius 1 is 1.44 bits per heavy atom. The van der Waals surface area contributed by atoms with E-state index >= 15 is 0 Å². The van der Waals surface area contributed by atoms with E-state index in [1.807, 2.05) is 0 Å². The smallest absolute Gasteiger partial charge is 0.258 e. The van der Waals surface area contributed by atoms with Crippen molar-refractivity contribution in [2.45, 2.75) is 17.9 Å². The van der Waals surface area contributed by atoms with Crippen molar-refractivity contribution in [1.29, 1.82) is 0 Å². The van der Waals surface area contributed by atoms with Crippen molar-refractivity contribution in [1.82, 2.24) is 25.9 Å². The minimum atomic E-state index is -0.418. The van der Waals surface area contributed by atoms with Crippen LogP contribution in [0.15, 0.2) is 30.6 Å². The number of nitrogens with zero attached hydrogens (tertiary/aromatic N) is 3. The number of benzene rings is 1. The van der Waals surface area contributed by atoms with Crippen molar-refractivity contribution in [3.8, 4) is 0 Å². The molecule has 1 aromatic heterocycles. The van der Waals surface area contributed by atoms with E-state index in [1.54, 1.807) is 36.1 Å². The van der Waals surface area contributed by atoms with Gasteiger partial charge in [-0.15, -0.1) is 16.8 Å². The summed E-state index contributed by atoms with van der Waals surface area (Å²) in [5.41, 5.74) is 3.81. The summed E-state index contributed by atoms with van der Waals surface area (Å²) in [6.07, 6.45) is 2.34. The highest BCUT2D eigenvalue weighted by Gasteiger charge is 2.37. The van der Waals surface area contributed by atoms with Gasteiger partial charge < -0.3 is 5.32 Å². The molecule has 144 valence electrons. The number of hydrogen-bond acceptors (Lipinski definition) is 8. The maximum absolute atomic E-state index is 12.3. The minimum Gasteiger partial charge on any atom is -0.320 e. The molecule has 0 spiro atoms. The molecule has 4 rings (SSSR count). The zero-order chi connectivity index (χ0) is 19.0. The summed E-state index contributed by atoms with van der Waals surface area (Å²) >= 11 is 12.5. The van der Waals surface area contributed by atoms with Gasteiger partial charge in [-0.05, 0) is 12.1 Å². The molecule has 0 bridgehead atoms. The molecule has 3 heterocycles. The SMILES string of the molecule is Cn1cc(C(=O)Nc2cccc(N3ONC4NC(Cl)CNC4O3)c2Cl)cn1. The number of hydrogen-bond donors (Lipinski definition) is 4. The van der Waals surface area contributed by atoms with Crippen LogP contribution in [0.2, 0.25) is 5.02 Å². The molecule has 4 N–H and O–H groups in total. The summed E-state index contributed by atoms with van der Waals surface area (Å²) in [5, 5.41) is 14.4. The monoisotopic (exact) mass is 413 g/mol. The maximum atomic E-state index is 12.3. The number of aromatic nitrogens is 2. The van der Waals surface area contributed by atoms with Crippen LogP contribution in [0.25, 0.3) is 0 Å². The number of rotatable bonds is 3. The standard InChI is InChI=1S/C15H17Cl2N7O3/c1-23-7-8(5-19-23)14(25)20-9-3-2-4-10(12(9)17)24-26-15-13(22-27-24)21-11(16)6-18-15/h2-5,7,11,13,15,18,21-22H,6H2,1H3,(H,20,25). The number of anilines is 2. The number of fused-ring (bicyclic) bond motifs is 1. The molecule has 2 fully saturated rings. The van der Waals surface area contributed by atoms with Gasteiger partial charge in [0.25, 0.3) is 5.91 Å². The van der Waals surface area contributed by atoms with Gasteiger partial charge in [-0.25, -0.2) is 4.84 Å². The average Bonchev–Trinajstić information content (AvgIpc) is 3.09. The van der Waals surface area contributed by atoms with Crippen molar-refractivity contribution in [3.63, 3.8) is 0 Å². The fourth-order valence-electron chi connectivity index (χ4n) is 2.70. The molecule has 12 heteroatoms. The maximum Gasteiger partial charge on any atom is 0.258 e. The highest BCUT2D eigenvalue weighted by atomic mass is 35.5. The first-order valence-electron chi connectivity index (χ1n) is 8.12. The Kier molecular flexibility index (Phi) is 5.19. The normalized spacial score (nSPS) is 25.1. The van der Waals surface area contributed by atoms with E-state index in [2.05, 4.69) is 26.5 Å². The Hall–Kier alpha value is -1.92. The lowest BCUT2D eigenvalue weighted by molar-refractivity contribution is -0.244. The molecule has 0 aliphatic carbocycles. The lowest BCUT2D eigenvalue weighted by Gasteiger charge is -2.42. The van der Waals surface area contributed by atoms with Gasteiger partial charge in [0.1, 0.15) is 11.9 Å². The third-order valence-corrected chi connectivity index (χ3v) is 4.70. The summed E-state index contributed by atoms with van der Waals surface area (Å²) in [5.74, 6) is -0.327. The first-order chi connectivity index (χ1) is 13.0. The Morgan fingerprint density at radius 3 is 3.07 bits per heavy atom. The Bertz CT molecular complexity index is 849. The van der Waals surface area contributed by atoms with Crippen LogP contribution in [0.1, 0.15) is 10.4 Å². The summed E-state index contributed by atoms with van der Waals surface area (Å²) in [7, 11) is 1.73. The molecule has 2 aliphatic rings. The number of amides is 1. The van der Waals surface area contributed by atoms with Crippen LogP contribution in [-0.2, 0) is 16.8 Å². The lowest BCUT2D eigenvalue weighted by Crippen LogP contribution is -2.70. The molecule has 2 aliphatic heterocycles. The number of carbonyl (C=O) groups excluding carboxylic acids is 1. The zero-order valence-corrected chi connectivity index (χ0v) is 15.7. The molecule has 10 nitrogen and oxygen atoms in total. The molecule has 1 amide bonds. The number of carbonyl (C=O) groups is 1. The molecule has 2 aromatic rings. The predicted molar refractivity (Wildman–Crippen MR) is 98.8 cm³/mol. The van der Waals surface area contributed by atoms with Gasteiger partial charge >= 0.3 is 0 Å². The number of hydroxylamine groups is 1. The molecule has 1 aromatic carbocycles. The van der Waals surface area contributed by atoms with Crippen LogP contribution < -0.4 is 26.7 Å². The molecule has 0 radical (unpaired) electrons. The topological polar surface area (TPSA) is 105 Å². The van der Waals surface area contributed by atoms with E-state index in [0.717, 1.165) is 5.23 Å². The van der Waals surface area contributed by atoms with Crippen molar-refractivity contribution in [2.24, 2.45) is 7.05 Å². The fourth-order valence-corrected chi connectivity index (χ4v) is 3.17. The molecule has 27 heavy (non-hydrogen) atoms. The largest absolute Gasteiger partial charge is 0.320 e. The molecule has 0 saturated carbocycles. The van der Waals surface area contributed by atoms with Crippen LogP contribution in [0.3, 0.4) is 0 Å². The third kappa shape index (κ3) is 3.87. The van der Waals surface area contributed by atoms with Gasteiger partial charge in [0.15, 0.2) is 6.23 Å². The highest BCUT2D eigenvalue weighted by Crippen LogP contribution is 2.34. The molecule has 3 unspecified atom stereocenters. The number of halogens is 2. The summed E-state index contributed by atoms with van der Waals surface area (Å²) in [6, 6.07) is 5.10.